The van der Waals surface area contributed by atoms with Gasteiger partial charge in [0.2, 0.25) is 5.91 Å². The van der Waals surface area contributed by atoms with Crippen molar-refractivity contribution in [2.75, 3.05) is 0 Å². The van der Waals surface area contributed by atoms with Gasteiger partial charge in [0.1, 0.15) is 0 Å². The minimum Gasteiger partial charge on any atom is -0.343 e. The lowest BCUT2D eigenvalue weighted by molar-refractivity contribution is -0.126. The molecule has 0 aliphatic heterocycles. The van der Waals surface area contributed by atoms with Crippen LogP contribution in [0, 0.1) is 5.92 Å². The molecule has 0 bridgehead atoms. The summed E-state index contributed by atoms with van der Waals surface area (Å²) in [5.41, 5.74) is 7.75. The Morgan fingerprint density at radius 1 is 1.19 bits per heavy atom. The van der Waals surface area contributed by atoms with Gasteiger partial charge in [-0.05, 0) is 49.1 Å². The van der Waals surface area contributed by atoms with Crippen molar-refractivity contribution in [2.45, 2.75) is 37.8 Å². The van der Waals surface area contributed by atoms with E-state index in [9.17, 15) is 4.79 Å². The maximum Gasteiger partial charge on any atom is 0.223 e. The van der Waals surface area contributed by atoms with E-state index in [0.29, 0.717) is 5.02 Å². The molecule has 1 aliphatic carbocycles. The molecule has 142 valence electrons. The van der Waals surface area contributed by atoms with Crippen LogP contribution in [0.2, 0.25) is 5.02 Å². The molecule has 1 aromatic carbocycles. The monoisotopic (exact) mass is 415 g/mol. The van der Waals surface area contributed by atoms with Gasteiger partial charge in [0.05, 0.1) is 11.7 Å². The van der Waals surface area contributed by atoms with Crippen molar-refractivity contribution < 1.29 is 4.79 Å². The second-order valence-corrected chi connectivity index (χ2v) is 6.81. The van der Waals surface area contributed by atoms with E-state index in [2.05, 4.69) is 10.3 Å². The van der Waals surface area contributed by atoms with E-state index >= 15 is 0 Å². The standard InChI is InChI=1S/C19H22ClN3O.2ClH/c20-15-7-3-5-13(11-15)18(17-9-1-2-10-22-17)23-19(24)14-6-4-8-16(21)12-14;;/h1-3,5,7,9-11,14,16,18H,4,6,8,12,21H2,(H,23,24);2*1H. The zero-order chi connectivity index (χ0) is 16.9. The van der Waals surface area contributed by atoms with E-state index in [1.807, 2.05) is 42.5 Å². The lowest BCUT2D eigenvalue weighted by Crippen LogP contribution is -2.39. The van der Waals surface area contributed by atoms with E-state index in [1.54, 1.807) is 6.20 Å². The Labute approximate surface area is 171 Å². The van der Waals surface area contributed by atoms with Crippen molar-refractivity contribution in [1.82, 2.24) is 10.3 Å². The van der Waals surface area contributed by atoms with Crippen LogP contribution in [-0.4, -0.2) is 16.9 Å². The molecule has 7 heteroatoms. The number of benzene rings is 1. The Hall–Kier alpha value is -1.33. The fraction of sp³-hybridized carbons (Fsp3) is 0.368. The number of hydrogen-bond donors (Lipinski definition) is 2. The van der Waals surface area contributed by atoms with Crippen LogP contribution in [0.3, 0.4) is 0 Å². The number of pyridine rings is 1. The third-order valence-electron chi connectivity index (χ3n) is 4.54. The summed E-state index contributed by atoms with van der Waals surface area (Å²) in [6.07, 6.45) is 5.38. The van der Waals surface area contributed by atoms with Crippen LogP contribution in [0.5, 0.6) is 0 Å². The van der Waals surface area contributed by atoms with E-state index in [0.717, 1.165) is 36.9 Å². The number of amides is 1. The minimum absolute atomic E-state index is 0. The second kappa shape index (κ2) is 10.7. The first-order valence-electron chi connectivity index (χ1n) is 8.36. The summed E-state index contributed by atoms with van der Waals surface area (Å²) < 4.78 is 0. The highest BCUT2D eigenvalue weighted by molar-refractivity contribution is 6.30. The molecule has 2 aromatic rings. The van der Waals surface area contributed by atoms with Crippen LogP contribution < -0.4 is 11.1 Å². The van der Waals surface area contributed by atoms with Crippen LogP contribution >= 0.6 is 36.4 Å². The number of hydrogen-bond acceptors (Lipinski definition) is 3. The predicted molar refractivity (Wildman–Crippen MR) is 110 cm³/mol. The maximum atomic E-state index is 12.8. The molecule has 3 N–H and O–H groups in total. The van der Waals surface area contributed by atoms with Gasteiger partial charge in [-0.3, -0.25) is 9.78 Å². The predicted octanol–water partition coefficient (Wildman–Crippen LogP) is 4.30. The first-order chi connectivity index (χ1) is 11.6. The third kappa shape index (κ3) is 5.85. The topological polar surface area (TPSA) is 68.0 Å². The van der Waals surface area contributed by atoms with Crippen molar-refractivity contribution in [3.05, 3.63) is 64.9 Å². The highest BCUT2D eigenvalue weighted by Gasteiger charge is 2.28. The molecule has 26 heavy (non-hydrogen) atoms. The van der Waals surface area contributed by atoms with Crippen molar-refractivity contribution >= 4 is 42.3 Å². The lowest BCUT2D eigenvalue weighted by atomic mass is 9.85. The Kier molecular flexibility index (Phi) is 9.37. The van der Waals surface area contributed by atoms with Gasteiger partial charge >= 0.3 is 0 Å². The number of carbonyl (C=O) groups is 1. The summed E-state index contributed by atoms with van der Waals surface area (Å²) in [5, 5.41) is 3.79. The number of nitrogens with one attached hydrogen (secondary N) is 1. The normalized spacial score (nSPS) is 20.2. The van der Waals surface area contributed by atoms with Crippen LogP contribution in [0.15, 0.2) is 48.7 Å². The number of rotatable bonds is 4. The van der Waals surface area contributed by atoms with E-state index in [1.165, 1.54) is 0 Å². The van der Waals surface area contributed by atoms with Gasteiger partial charge in [-0.15, -0.1) is 24.8 Å². The number of carbonyl (C=O) groups excluding carboxylic acids is 1. The molecule has 4 nitrogen and oxygen atoms in total. The van der Waals surface area contributed by atoms with Gasteiger partial charge in [0.25, 0.3) is 0 Å². The summed E-state index contributed by atoms with van der Waals surface area (Å²) in [6.45, 7) is 0. The minimum atomic E-state index is -0.310. The molecule has 1 saturated carbocycles. The molecule has 3 rings (SSSR count). The summed E-state index contributed by atoms with van der Waals surface area (Å²) in [5.74, 6) is 0.0138. The summed E-state index contributed by atoms with van der Waals surface area (Å²) in [6, 6.07) is 13.0. The van der Waals surface area contributed by atoms with Crippen LogP contribution in [0.1, 0.15) is 43.0 Å². The molecule has 1 fully saturated rings. The highest BCUT2D eigenvalue weighted by atomic mass is 35.5. The number of nitrogens with zero attached hydrogens (tertiary/aromatic N) is 1. The molecular weight excluding hydrogens is 393 g/mol. The van der Waals surface area contributed by atoms with Crippen LogP contribution in [0.25, 0.3) is 0 Å². The van der Waals surface area contributed by atoms with E-state index in [-0.39, 0.29) is 48.7 Å². The Balaban J connectivity index is 0.00000169. The van der Waals surface area contributed by atoms with Gasteiger partial charge in [-0.2, -0.15) is 0 Å². The Bertz CT molecular complexity index is 699. The fourth-order valence-electron chi connectivity index (χ4n) is 3.29. The number of aromatic nitrogens is 1. The van der Waals surface area contributed by atoms with Crippen LogP contribution in [-0.2, 0) is 4.79 Å². The summed E-state index contributed by atoms with van der Waals surface area (Å²) >= 11 is 6.13. The largest absolute Gasteiger partial charge is 0.343 e. The van der Waals surface area contributed by atoms with Crippen molar-refractivity contribution in [2.24, 2.45) is 11.7 Å². The molecule has 1 amide bonds. The van der Waals surface area contributed by atoms with Crippen LogP contribution in [0.4, 0.5) is 0 Å². The molecule has 0 radical (unpaired) electrons. The van der Waals surface area contributed by atoms with Gasteiger partial charge in [-0.25, -0.2) is 0 Å². The Morgan fingerprint density at radius 2 is 2.00 bits per heavy atom. The fourth-order valence-corrected chi connectivity index (χ4v) is 3.49. The van der Waals surface area contributed by atoms with Gasteiger partial charge < -0.3 is 11.1 Å². The number of nitrogens with two attached hydrogens (primary N) is 1. The third-order valence-corrected chi connectivity index (χ3v) is 4.77. The van der Waals surface area contributed by atoms with Gasteiger partial charge in [0.15, 0.2) is 0 Å². The SMILES string of the molecule is Cl.Cl.NC1CCCC(C(=O)NC(c2cccc(Cl)c2)c2ccccn2)C1. The maximum absolute atomic E-state index is 12.8. The van der Waals surface area contributed by atoms with E-state index < -0.39 is 0 Å². The summed E-state index contributed by atoms with van der Waals surface area (Å²) in [4.78, 5) is 17.2. The first-order valence-corrected chi connectivity index (χ1v) is 8.73. The van der Waals surface area contributed by atoms with Gasteiger partial charge in [-0.1, -0.05) is 36.2 Å². The van der Waals surface area contributed by atoms with Crippen molar-refractivity contribution in [3.8, 4) is 0 Å². The lowest BCUT2D eigenvalue weighted by Gasteiger charge is -2.28. The molecule has 0 spiro atoms. The molecule has 3 atom stereocenters. The van der Waals surface area contributed by atoms with E-state index in [4.69, 9.17) is 17.3 Å². The average Bonchev–Trinajstić information content (AvgIpc) is 2.60. The molecule has 0 saturated heterocycles. The van der Waals surface area contributed by atoms with Gasteiger partial charge in [0, 0.05) is 23.2 Å². The number of halogens is 3. The quantitative estimate of drug-likeness (QED) is 0.780. The molecule has 1 heterocycles. The molecular formula is C19H24Cl3N3O. The molecule has 1 aliphatic rings. The van der Waals surface area contributed by atoms with Crippen molar-refractivity contribution in [1.29, 1.82) is 0 Å². The molecule has 1 aromatic heterocycles. The average molecular weight is 417 g/mol. The first kappa shape index (κ1) is 22.7. The zero-order valence-corrected chi connectivity index (χ0v) is 16.7. The second-order valence-electron chi connectivity index (χ2n) is 6.37. The van der Waals surface area contributed by atoms with Crippen molar-refractivity contribution in [3.63, 3.8) is 0 Å². The smallest absolute Gasteiger partial charge is 0.223 e. The molecule has 3 unspecified atom stereocenters. The highest BCUT2D eigenvalue weighted by Crippen LogP contribution is 2.27. The zero-order valence-electron chi connectivity index (χ0n) is 14.3. The summed E-state index contributed by atoms with van der Waals surface area (Å²) in [7, 11) is 0. The Morgan fingerprint density at radius 3 is 2.65 bits per heavy atom.